The number of anilines is 2. The van der Waals surface area contributed by atoms with E-state index in [-0.39, 0.29) is 24.6 Å². The second-order valence-corrected chi connectivity index (χ2v) is 8.68. The molecule has 9 nitrogen and oxygen atoms in total. The predicted octanol–water partition coefficient (Wildman–Crippen LogP) is 2.34. The van der Waals surface area contributed by atoms with Crippen LogP contribution < -0.4 is 9.80 Å². The smallest absolute Gasteiger partial charge is 0.229 e. The Balaban J connectivity index is 1.61. The number of aliphatic hydroxyl groups is 1. The lowest BCUT2D eigenvalue weighted by molar-refractivity contribution is -0.00570. The third-order valence-corrected chi connectivity index (χ3v) is 6.09. The largest absolute Gasteiger partial charge is 0.508 e. The van der Waals surface area contributed by atoms with Gasteiger partial charge in [0.2, 0.25) is 5.95 Å². The van der Waals surface area contributed by atoms with E-state index in [4.69, 9.17) is 24.4 Å². The van der Waals surface area contributed by atoms with Gasteiger partial charge in [-0.25, -0.2) is 4.98 Å². The summed E-state index contributed by atoms with van der Waals surface area (Å²) in [5.74, 6) is 1.58. The maximum Gasteiger partial charge on any atom is 0.229 e. The minimum Gasteiger partial charge on any atom is -0.508 e. The first-order valence-corrected chi connectivity index (χ1v) is 11.4. The molecule has 0 saturated carbocycles. The van der Waals surface area contributed by atoms with E-state index < -0.39 is 0 Å². The van der Waals surface area contributed by atoms with Crippen molar-refractivity contribution in [2.75, 3.05) is 49.2 Å². The zero-order valence-electron chi connectivity index (χ0n) is 18.9. The molecule has 4 heterocycles. The molecule has 0 spiro atoms. The highest BCUT2D eigenvalue weighted by atomic mass is 16.5. The molecule has 2 saturated heterocycles. The van der Waals surface area contributed by atoms with Gasteiger partial charge in [-0.3, -0.25) is 0 Å². The summed E-state index contributed by atoms with van der Waals surface area (Å²) in [6.45, 7) is 8.17. The molecule has 2 aliphatic rings. The van der Waals surface area contributed by atoms with Gasteiger partial charge in [-0.2, -0.15) is 9.97 Å². The van der Waals surface area contributed by atoms with Crippen LogP contribution in [0.4, 0.5) is 11.8 Å². The topological polar surface area (TPSA) is 104 Å². The van der Waals surface area contributed by atoms with E-state index in [0.717, 1.165) is 48.6 Å². The van der Waals surface area contributed by atoms with Gasteiger partial charge >= 0.3 is 0 Å². The third kappa shape index (κ3) is 4.44. The zero-order valence-corrected chi connectivity index (χ0v) is 18.9. The molecule has 9 heteroatoms. The van der Waals surface area contributed by atoms with Crippen LogP contribution >= 0.6 is 0 Å². The van der Waals surface area contributed by atoms with Crippen LogP contribution in [0.2, 0.25) is 0 Å². The molecule has 0 radical (unpaired) electrons. The number of pyridine rings is 1. The number of phenols is 1. The van der Waals surface area contributed by atoms with E-state index in [0.29, 0.717) is 30.4 Å². The Bertz CT molecular complexity index is 1140. The molecule has 1 aromatic carbocycles. The summed E-state index contributed by atoms with van der Waals surface area (Å²) in [5, 5.41) is 20.3. The quantitative estimate of drug-likeness (QED) is 0.618. The van der Waals surface area contributed by atoms with Crippen LogP contribution in [0, 0.1) is 0 Å². The molecule has 0 aliphatic carbocycles. The number of aromatic hydroxyl groups is 1. The fourth-order valence-corrected chi connectivity index (χ4v) is 4.51. The summed E-state index contributed by atoms with van der Waals surface area (Å²) in [7, 11) is 0. The molecule has 2 aliphatic heterocycles. The minimum absolute atomic E-state index is 0.0665. The lowest BCUT2D eigenvalue weighted by Gasteiger charge is -2.36. The van der Waals surface area contributed by atoms with Gasteiger partial charge < -0.3 is 29.5 Å². The highest BCUT2D eigenvalue weighted by Gasteiger charge is 2.26. The Morgan fingerprint density at radius 1 is 0.970 bits per heavy atom. The van der Waals surface area contributed by atoms with E-state index in [2.05, 4.69) is 23.6 Å². The number of nitrogens with zero attached hydrogens (tertiary/aromatic N) is 5. The molecule has 2 fully saturated rings. The molecular weight excluding hydrogens is 422 g/mol. The van der Waals surface area contributed by atoms with Crippen molar-refractivity contribution in [3.63, 3.8) is 0 Å². The molecule has 5 rings (SSSR count). The Hall–Kier alpha value is -3.01. The Labute approximate surface area is 192 Å². The lowest BCUT2D eigenvalue weighted by Crippen LogP contribution is -2.46. The molecule has 2 atom stereocenters. The summed E-state index contributed by atoms with van der Waals surface area (Å²) in [4.78, 5) is 19.1. The van der Waals surface area contributed by atoms with Crippen LogP contribution in [0.1, 0.15) is 19.4 Å². The van der Waals surface area contributed by atoms with E-state index in [9.17, 15) is 10.2 Å². The van der Waals surface area contributed by atoms with Crippen LogP contribution in [-0.4, -0.2) is 76.8 Å². The average Bonchev–Trinajstić information content (AvgIpc) is 2.83. The number of aromatic nitrogens is 3. The second-order valence-electron chi connectivity index (χ2n) is 8.68. The first kappa shape index (κ1) is 21.8. The maximum atomic E-state index is 9.93. The molecule has 0 bridgehead atoms. The number of rotatable bonds is 4. The highest BCUT2D eigenvalue weighted by molar-refractivity contribution is 5.90. The van der Waals surface area contributed by atoms with Gasteiger partial charge in [0, 0.05) is 37.3 Å². The summed E-state index contributed by atoms with van der Waals surface area (Å²) >= 11 is 0. The molecule has 33 heavy (non-hydrogen) atoms. The maximum absolute atomic E-state index is 9.93. The van der Waals surface area contributed by atoms with Crippen molar-refractivity contribution in [1.29, 1.82) is 0 Å². The monoisotopic (exact) mass is 451 g/mol. The highest BCUT2D eigenvalue weighted by Crippen LogP contribution is 2.31. The average molecular weight is 452 g/mol. The molecular formula is C24H29N5O4. The van der Waals surface area contributed by atoms with Gasteiger partial charge in [0.05, 0.1) is 43.1 Å². The summed E-state index contributed by atoms with van der Waals surface area (Å²) in [6.07, 6.45) is 0.182. The van der Waals surface area contributed by atoms with E-state index >= 15 is 0 Å². The predicted molar refractivity (Wildman–Crippen MR) is 126 cm³/mol. The van der Waals surface area contributed by atoms with E-state index in [1.165, 1.54) is 0 Å². The van der Waals surface area contributed by atoms with Gasteiger partial charge in [0.15, 0.2) is 5.65 Å². The van der Waals surface area contributed by atoms with Crippen LogP contribution in [0.15, 0.2) is 30.3 Å². The van der Waals surface area contributed by atoms with Crippen LogP contribution in [0.25, 0.3) is 22.3 Å². The van der Waals surface area contributed by atoms with Crippen LogP contribution in [0.5, 0.6) is 5.75 Å². The van der Waals surface area contributed by atoms with Gasteiger partial charge in [-0.05, 0) is 44.2 Å². The van der Waals surface area contributed by atoms with Gasteiger partial charge in [-0.15, -0.1) is 0 Å². The lowest BCUT2D eigenvalue weighted by atomic mass is 10.1. The number of aliphatic hydroxyl groups excluding tert-OH is 1. The van der Waals surface area contributed by atoms with Crippen molar-refractivity contribution in [2.24, 2.45) is 0 Å². The van der Waals surface area contributed by atoms with Crippen LogP contribution in [0.3, 0.4) is 0 Å². The molecule has 2 aromatic heterocycles. The SMILES string of the molecule is C[C@@H]1CN(c2nc(N3CCOCC3)c3ccc(-c4ccc(O)c(CO)c4)nc3n2)C[C@H](C)O1. The molecule has 174 valence electrons. The first-order chi connectivity index (χ1) is 16.0. The number of ether oxygens (including phenoxy) is 2. The number of hydrogen-bond donors (Lipinski definition) is 2. The van der Waals surface area contributed by atoms with Crippen molar-refractivity contribution < 1.29 is 19.7 Å². The van der Waals surface area contributed by atoms with Crippen LogP contribution in [-0.2, 0) is 16.1 Å². The van der Waals surface area contributed by atoms with Crippen molar-refractivity contribution in [3.8, 4) is 17.0 Å². The number of morpholine rings is 2. The molecule has 3 aromatic rings. The van der Waals surface area contributed by atoms with Crippen molar-refractivity contribution >= 4 is 22.8 Å². The van der Waals surface area contributed by atoms with E-state index in [1.54, 1.807) is 18.2 Å². The fraction of sp³-hybridized carbons (Fsp3) is 0.458. The second kappa shape index (κ2) is 9.09. The van der Waals surface area contributed by atoms with Crippen molar-refractivity contribution in [1.82, 2.24) is 15.0 Å². The minimum atomic E-state index is -0.242. The first-order valence-electron chi connectivity index (χ1n) is 11.4. The van der Waals surface area contributed by atoms with Crippen molar-refractivity contribution in [2.45, 2.75) is 32.7 Å². The molecule has 2 N–H and O–H groups in total. The number of benzene rings is 1. The van der Waals surface area contributed by atoms with E-state index in [1.807, 2.05) is 12.1 Å². The standard InChI is InChI=1S/C24H29N5O4/c1-15-12-29(13-16(2)33-15)24-26-22-19(23(27-24)28-7-9-32-10-8-28)4-5-20(25-22)17-3-6-21(31)18(11-17)14-30/h3-6,11,15-16,30-31H,7-10,12-14H2,1-2H3/t15-,16+. The summed E-state index contributed by atoms with van der Waals surface area (Å²) in [5.41, 5.74) is 2.60. The van der Waals surface area contributed by atoms with Gasteiger partial charge in [-0.1, -0.05) is 0 Å². The molecule has 0 amide bonds. The zero-order chi connectivity index (χ0) is 22.9. The summed E-state index contributed by atoms with van der Waals surface area (Å²) in [6, 6.07) is 9.05. The fourth-order valence-electron chi connectivity index (χ4n) is 4.51. The Morgan fingerprint density at radius 2 is 1.73 bits per heavy atom. The number of fused-ring (bicyclic) bond motifs is 1. The van der Waals surface area contributed by atoms with Crippen molar-refractivity contribution in [3.05, 3.63) is 35.9 Å². The molecule has 0 unspecified atom stereocenters. The Kier molecular flexibility index (Phi) is 6.01. The number of hydrogen-bond acceptors (Lipinski definition) is 9. The normalized spacial score (nSPS) is 21.5. The van der Waals surface area contributed by atoms with Gasteiger partial charge in [0.25, 0.3) is 0 Å². The summed E-state index contributed by atoms with van der Waals surface area (Å²) < 4.78 is 11.4. The third-order valence-electron chi connectivity index (χ3n) is 6.09. The van der Waals surface area contributed by atoms with Gasteiger partial charge in [0.1, 0.15) is 11.6 Å². The Morgan fingerprint density at radius 3 is 2.45 bits per heavy atom.